The highest BCUT2D eigenvalue weighted by atomic mass is 19.4. The maximum Gasteiger partial charge on any atom is 0.391 e. The van der Waals surface area contributed by atoms with Gasteiger partial charge in [-0.15, -0.1) is 0 Å². The van der Waals surface area contributed by atoms with E-state index in [1.807, 2.05) is 0 Å². The molecular formula is C15H21F4NO. The van der Waals surface area contributed by atoms with E-state index in [0.717, 1.165) is 12.1 Å². The van der Waals surface area contributed by atoms with Crippen LogP contribution in [0.2, 0.25) is 0 Å². The molecule has 120 valence electrons. The second-order valence-corrected chi connectivity index (χ2v) is 5.37. The van der Waals surface area contributed by atoms with Crippen LogP contribution in [0.15, 0.2) is 18.2 Å². The third-order valence-electron chi connectivity index (χ3n) is 2.78. The summed E-state index contributed by atoms with van der Waals surface area (Å²) in [4.78, 5) is 0. The first-order chi connectivity index (χ1) is 9.78. The molecule has 1 rings (SSSR count). The van der Waals surface area contributed by atoms with Crippen LogP contribution in [0.1, 0.15) is 31.4 Å². The van der Waals surface area contributed by atoms with Gasteiger partial charge in [-0.3, -0.25) is 0 Å². The van der Waals surface area contributed by atoms with Crippen molar-refractivity contribution in [3.63, 3.8) is 0 Å². The molecule has 2 nitrogen and oxygen atoms in total. The molecule has 0 saturated carbocycles. The van der Waals surface area contributed by atoms with Crippen LogP contribution in [0.4, 0.5) is 17.6 Å². The highest BCUT2D eigenvalue weighted by molar-refractivity contribution is 5.24. The summed E-state index contributed by atoms with van der Waals surface area (Å²) in [6.07, 6.45) is -5.27. The fraction of sp³-hybridized carbons (Fsp3) is 0.600. The molecule has 0 bridgehead atoms. The van der Waals surface area contributed by atoms with Gasteiger partial charge in [0.25, 0.3) is 0 Å². The van der Waals surface area contributed by atoms with Gasteiger partial charge in [-0.05, 0) is 30.2 Å². The Morgan fingerprint density at radius 1 is 1.24 bits per heavy atom. The highest BCUT2D eigenvalue weighted by Gasteiger charge is 2.26. The molecule has 21 heavy (non-hydrogen) atoms. The third-order valence-corrected chi connectivity index (χ3v) is 2.78. The van der Waals surface area contributed by atoms with Crippen LogP contribution in [0.3, 0.4) is 0 Å². The average molecular weight is 307 g/mol. The summed E-state index contributed by atoms with van der Waals surface area (Å²) < 4.78 is 54.4. The summed E-state index contributed by atoms with van der Waals surface area (Å²) in [5.74, 6) is 0.0465. The number of ether oxygens (including phenoxy) is 1. The van der Waals surface area contributed by atoms with E-state index >= 15 is 0 Å². The quantitative estimate of drug-likeness (QED) is 0.578. The maximum absolute atomic E-state index is 13.6. The zero-order chi connectivity index (χ0) is 15.9. The average Bonchev–Trinajstić information content (AvgIpc) is 2.36. The van der Waals surface area contributed by atoms with Crippen molar-refractivity contribution in [2.24, 2.45) is 5.92 Å². The fourth-order valence-corrected chi connectivity index (χ4v) is 1.72. The number of nitrogens with one attached hydrogen (secondary N) is 1. The number of halogens is 4. The Bertz CT molecular complexity index is 432. The van der Waals surface area contributed by atoms with E-state index in [1.54, 1.807) is 12.1 Å². The van der Waals surface area contributed by atoms with Gasteiger partial charge >= 0.3 is 6.18 Å². The molecular weight excluding hydrogens is 286 g/mol. The van der Waals surface area contributed by atoms with E-state index in [9.17, 15) is 17.6 Å². The SMILES string of the molecule is CC(C)CNCc1ccc(F)c(COCCC(F)(F)F)c1. The largest absolute Gasteiger partial charge is 0.391 e. The lowest BCUT2D eigenvalue weighted by atomic mass is 10.1. The molecule has 0 aliphatic carbocycles. The zero-order valence-corrected chi connectivity index (χ0v) is 12.3. The molecule has 0 radical (unpaired) electrons. The van der Waals surface area contributed by atoms with Crippen LogP contribution in [-0.2, 0) is 17.9 Å². The van der Waals surface area contributed by atoms with Gasteiger partial charge in [0.1, 0.15) is 5.82 Å². The predicted octanol–water partition coefficient (Wildman–Crippen LogP) is 4.04. The van der Waals surface area contributed by atoms with Gasteiger partial charge in [-0.2, -0.15) is 13.2 Å². The van der Waals surface area contributed by atoms with Gasteiger partial charge in [0.2, 0.25) is 0 Å². The number of hydrogen-bond donors (Lipinski definition) is 1. The van der Waals surface area contributed by atoms with E-state index in [0.29, 0.717) is 12.5 Å². The molecule has 0 spiro atoms. The van der Waals surface area contributed by atoms with Crippen LogP contribution in [0.5, 0.6) is 0 Å². The molecule has 0 heterocycles. The van der Waals surface area contributed by atoms with Gasteiger partial charge < -0.3 is 10.1 Å². The first-order valence-electron chi connectivity index (χ1n) is 6.90. The predicted molar refractivity (Wildman–Crippen MR) is 73.3 cm³/mol. The Balaban J connectivity index is 2.45. The Morgan fingerprint density at radius 2 is 1.95 bits per heavy atom. The molecule has 0 aromatic heterocycles. The lowest BCUT2D eigenvalue weighted by Crippen LogP contribution is -2.19. The van der Waals surface area contributed by atoms with Crippen molar-refractivity contribution in [3.05, 3.63) is 35.1 Å². The Labute approximate surface area is 122 Å². The van der Waals surface area contributed by atoms with Crippen LogP contribution in [-0.4, -0.2) is 19.3 Å². The summed E-state index contributed by atoms with van der Waals surface area (Å²) in [5.41, 5.74) is 1.16. The second kappa shape index (κ2) is 8.34. The minimum absolute atomic E-state index is 0.153. The molecule has 0 amide bonds. The van der Waals surface area contributed by atoms with Gasteiger partial charge in [-0.1, -0.05) is 19.9 Å². The van der Waals surface area contributed by atoms with Gasteiger partial charge in [0, 0.05) is 12.1 Å². The summed E-state index contributed by atoms with van der Waals surface area (Å²) in [6, 6.07) is 4.59. The number of benzene rings is 1. The Morgan fingerprint density at radius 3 is 2.57 bits per heavy atom. The zero-order valence-electron chi connectivity index (χ0n) is 12.3. The van der Waals surface area contributed by atoms with E-state index in [1.165, 1.54) is 6.07 Å². The lowest BCUT2D eigenvalue weighted by molar-refractivity contribution is -0.146. The van der Waals surface area contributed by atoms with Gasteiger partial charge in [0.15, 0.2) is 0 Å². The normalized spacial score (nSPS) is 12.1. The smallest absolute Gasteiger partial charge is 0.376 e. The van der Waals surface area contributed by atoms with E-state index < -0.39 is 25.0 Å². The summed E-state index contributed by atoms with van der Waals surface area (Å²) in [7, 11) is 0. The van der Waals surface area contributed by atoms with Crippen molar-refractivity contribution in [2.75, 3.05) is 13.2 Å². The molecule has 0 aliphatic rings. The highest BCUT2D eigenvalue weighted by Crippen LogP contribution is 2.19. The van der Waals surface area contributed by atoms with Crippen LogP contribution in [0, 0.1) is 11.7 Å². The van der Waals surface area contributed by atoms with E-state index in [-0.39, 0.29) is 12.2 Å². The minimum Gasteiger partial charge on any atom is -0.376 e. The summed E-state index contributed by atoms with van der Waals surface area (Å²) in [6.45, 7) is 4.98. The van der Waals surface area contributed by atoms with Gasteiger partial charge in [-0.25, -0.2) is 4.39 Å². The molecule has 1 aromatic rings. The van der Waals surface area contributed by atoms with Crippen molar-refractivity contribution in [1.82, 2.24) is 5.32 Å². The molecule has 0 fully saturated rings. The lowest BCUT2D eigenvalue weighted by Gasteiger charge is -2.11. The topological polar surface area (TPSA) is 21.3 Å². The van der Waals surface area contributed by atoms with Crippen molar-refractivity contribution in [1.29, 1.82) is 0 Å². The molecule has 1 N–H and O–H groups in total. The van der Waals surface area contributed by atoms with E-state index in [2.05, 4.69) is 19.2 Å². The monoisotopic (exact) mass is 307 g/mol. The number of alkyl halides is 3. The molecule has 6 heteroatoms. The first kappa shape index (κ1) is 17.9. The Hall–Kier alpha value is -1.14. The van der Waals surface area contributed by atoms with Crippen LogP contribution >= 0.6 is 0 Å². The van der Waals surface area contributed by atoms with Crippen molar-refractivity contribution >= 4 is 0 Å². The Kier molecular flexibility index (Phi) is 7.11. The summed E-state index contributed by atoms with van der Waals surface area (Å²) in [5, 5.41) is 3.22. The van der Waals surface area contributed by atoms with Crippen molar-refractivity contribution in [3.8, 4) is 0 Å². The third kappa shape index (κ3) is 8.02. The molecule has 0 saturated heterocycles. The van der Waals surface area contributed by atoms with Crippen molar-refractivity contribution < 1.29 is 22.3 Å². The second-order valence-electron chi connectivity index (χ2n) is 5.37. The fourth-order valence-electron chi connectivity index (χ4n) is 1.72. The standard InChI is InChI=1S/C15H21F4NO/c1-11(2)8-20-9-12-3-4-14(16)13(7-12)10-21-6-5-15(17,18)19/h3-4,7,11,20H,5-6,8-10H2,1-2H3. The van der Waals surface area contributed by atoms with Crippen molar-refractivity contribution in [2.45, 2.75) is 39.6 Å². The van der Waals surface area contributed by atoms with Crippen LogP contribution < -0.4 is 5.32 Å². The molecule has 0 unspecified atom stereocenters. The minimum atomic E-state index is -4.25. The van der Waals surface area contributed by atoms with Crippen LogP contribution in [0.25, 0.3) is 0 Å². The van der Waals surface area contributed by atoms with E-state index in [4.69, 9.17) is 4.74 Å². The maximum atomic E-state index is 13.6. The van der Waals surface area contributed by atoms with Gasteiger partial charge in [0.05, 0.1) is 19.6 Å². The molecule has 0 aliphatic heterocycles. The summed E-state index contributed by atoms with van der Waals surface area (Å²) >= 11 is 0. The molecule has 0 atom stereocenters. The first-order valence-corrected chi connectivity index (χ1v) is 6.90. The number of hydrogen-bond acceptors (Lipinski definition) is 2. The number of rotatable bonds is 8. The molecule has 1 aromatic carbocycles.